The number of hydrogen-bond acceptors (Lipinski definition) is 3. The predicted molar refractivity (Wildman–Crippen MR) is 58.3 cm³/mol. The Morgan fingerprint density at radius 1 is 1.25 bits per heavy atom. The summed E-state index contributed by atoms with van der Waals surface area (Å²) in [6, 6.07) is 3.50. The van der Waals surface area contributed by atoms with E-state index in [1.54, 1.807) is 18.3 Å². The first-order valence-corrected chi connectivity index (χ1v) is 2.73. The van der Waals surface area contributed by atoms with Crippen LogP contribution < -0.4 is 11.5 Å². The highest BCUT2D eigenvalue weighted by atomic mass is 35.5. The number of aromatic nitrogens is 1. The van der Waals surface area contributed by atoms with Gasteiger partial charge in [-0.3, -0.25) is 4.98 Å². The lowest BCUT2D eigenvalue weighted by atomic mass is 10.3. The molecular weight excluding hydrogens is 220 g/mol. The van der Waals surface area contributed by atoms with Gasteiger partial charge in [-0.2, -0.15) is 0 Å². The van der Waals surface area contributed by atoms with Gasteiger partial charge < -0.3 is 11.5 Å². The maximum atomic E-state index is 5.44. The van der Waals surface area contributed by atoms with Gasteiger partial charge in [-0.05, 0) is 12.1 Å². The molecule has 0 bridgehead atoms. The molecule has 1 aromatic rings. The van der Waals surface area contributed by atoms with Crippen molar-refractivity contribution in [2.45, 2.75) is 6.54 Å². The maximum Gasteiger partial charge on any atom is 0.0559 e. The highest BCUT2D eigenvalue weighted by Gasteiger charge is 1.88. The van der Waals surface area contributed by atoms with Gasteiger partial charge in [0.25, 0.3) is 0 Å². The van der Waals surface area contributed by atoms with Crippen LogP contribution in [-0.2, 0) is 6.54 Å². The molecule has 0 spiro atoms. The van der Waals surface area contributed by atoms with Crippen molar-refractivity contribution in [2.75, 3.05) is 5.73 Å². The van der Waals surface area contributed by atoms with E-state index in [0.29, 0.717) is 12.2 Å². The number of anilines is 1. The van der Waals surface area contributed by atoms with E-state index in [1.165, 1.54) is 0 Å². The lowest BCUT2D eigenvalue weighted by Gasteiger charge is -1.94. The summed E-state index contributed by atoms with van der Waals surface area (Å²) in [5, 5.41) is 0. The molecular formula is C6H12Cl3N3. The van der Waals surface area contributed by atoms with Crippen molar-refractivity contribution in [1.82, 2.24) is 4.98 Å². The molecule has 0 aromatic carbocycles. The van der Waals surface area contributed by atoms with Crippen molar-refractivity contribution in [1.29, 1.82) is 0 Å². The molecule has 0 radical (unpaired) electrons. The third-order valence-electron chi connectivity index (χ3n) is 1.05. The van der Waals surface area contributed by atoms with Gasteiger partial charge in [-0.25, -0.2) is 0 Å². The lowest BCUT2D eigenvalue weighted by molar-refractivity contribution is 0.992. The molecule has 4 N–H and O–H groups in total. The number of halogens is 3. The van der Waals surface area contributed by atoms with Crippen LogP contribution in [-0.4, -0.2) is 4.98 Å². The van der Waals surface area contributed by atoms with Crippen LogP contribution in [0.4, 0.5) is 5.69 Å². The van der Waals surface area contributed by atoms with Gasteiger partial charge in [0.05, 0.1) is 5.69 Å². The van der Waals surface area contributed by atoms with Crippen molar-refractivity contribution in [3.05, 3.63) is 24.0 Å². The fourth-order valence-corrected chi connectivity index (χ4v) is 0.608. The van der Waals surface area contributed by atoms with Gasteiger partial charge in [0.15, 0.2) is 0 Å². The smallest absolute Gasteiger partial charge is 0.0559 e. The first-order valence-electron chi connectivity index (χ1n) is 2.73. The molecule has 0 saturated carbocycles. The second-order valence-electron chi connectivity index (χ2n) is 1.78. The van der Waals surface area contributed by atoms with Gasteiger partial charge >= 0.3 is 0 Å². The summed E-state index contributed by atoms with van der Waals surface area (Å²) < 4.78 is 0. The Kier molecular flexibility index (Phi) is 13.1. The minimum atomic E-state index is 0. The number of rotatable bonds is 1. The van der Waals surface area contributed by atoms with Crippen LogP contribution >= 0.6 is 37.2 Å². The zero-order chi connectivity index (χ0) is 6.69. The fourth-order valence-electron chi connectivity index (χ4n) is 0.608. The first-order chi connectivity index (χ1) is 4.33. The Balaban J connectivity index is -0.000000270. The monoisotopic (exact) mass is 231 g/mol. The minimum Gasteiger partial charge on any atom is -0.399 e. The average molecular weight is 233 g/mol. The number of nitrogens with two attached hydrogens (primary N) is 2. The van der Waals surface area contributed by atoms with Crippen molar-refractivity contribution < 1.29 is 0 Å². The van der Waals surface area contributed by atoms with E-state index < -0.39 is 0 Å². The van der Waals surface area contributed by atoms with Crippen molar-refractivity contribution in [2.24, 2.45) is 5.73 Å². The largest absolute Gasteiger partial charge is 0.399 e. The Morgan fingerprint density at radius 2 is 1.83 bits per heavy atom. The average Bonchev–Trinajstić information content (AvgIpc) is 1.88. The number of pyridine rings is 1. The molecule has 0 fully saturated rings. The van der Waals surface area contributed by atoms with Crippen LogP contribution in [0.3, 0.4) is 0 Å². The van der Waals surface area contributed by atoms with E-state index >= 15 is 0 Å². The zero-order valence-electron chi connectivity index (χ0n) is 6.27. The van der Waals surface area contributed by atoms with E-state index in [9.17, 15) is 0 Å². The molecule has 0 unspecified atom stereocenters. The van der Waals surface area contributed by atoms with Crippen LogP contribution in [0, 0.1) is 0 Å². The zero-order valence-corrected chi connectivity index (χ0v) is 8.72. The third-order valence-corrected chi connectivity index (χ3v) is 1.05. The molecule has 6 heteroatoms. The molecule has 3 nitrogen and oxygen atoms in total. The van der Waals surface area contributed by atoms with Crippen LogP contribution in [0.1, 0.15) is 5.69 Å². The summed E-state index contributed by atoms with van der Waals surface area (Å²) in [5.74, 6) is 0. The Hall–Kier alpha value is -0.220. The van der Waals surface area contributed by atoms with Crippen LogP contribution in [0.5, 0.6) is 0 Å². The topological polar surface area (TPSA) is 64.9 Å². The second-order valence-corrected chi connectivity index (χ2v) is 1.78. The number of hydrogen-bond donors (Lipinski definition) is 2. The van der Waals surface area contributed by atoms with Gasteiger partial charge in [0, 0.05) is 18.4 Å². The summed E-state index contributed by atoms with van der Waals surface area (Å²) >= 11 is 0. The fraction of sp³-hybridized carbons (Fsp3) is 0.167. The molecule has 72 valence electrons. The summed E-state index contributed by atoms with van der Waals surface area (Å²) in [4.78, 5) is 3.95. The molecule has 1 aromatic heterocycles. The van der Waals surface area contributed by atoms with Gasteiger partial charge in [0.2, 0.25) is 0 Å². The molecule has 0 aliphatic carbocycles. The van der Waals surface area contributed by atoms with Crippen LogP contribution in [0.25, 0.3) is 0 Å². The second kappa shape index (κ2) is 8.87. The lowest BCUT2D eigenvalue weighted by Crippen LogP contribution is -1.99. The Bertz CT molecular complexity index is 207. The molecule has 0 atom stereocenters. The normalized spacial score (nSPS) is 7.08. The number of nitrogen functional groups attached to an aromatic ring is 1. The van der Waals surface area contributed by atoms with E-state index in [4.69, 9.17) is 11.5 Å². The highest BCUT2D eigenvalue weighted by Crippen LogP contribution is 2.00. The van der Waals surface area contributed by atoms with Gasteiger partial charge in [-0.1, -0.05) is 0 Å². The van der Waals surface area contributed by atoms with Crippen LogP contribution in [0.2, 0.25) is 0 Å². The third kappa shape index (κ3) is 5.43. The molecule has 0 amide bonds. The van der Waals surface area contributed by atoms with Crippen molar-refractivity contribution >= 4 is 42.9 Å². The summed E-state index contributed by atoms with van der Waals surface area (Å²) in [6.45, 7) is 0.449. The van der Waals surface area contributed by atoms with E-state index in [-0.39, 0.29) is 37.2 Å². The minimum absolute atomic E-state index is 0. The van der Waals surface area contributed by atoms with Crippen LogP contribution in [0.15, 0.2) is 18.3 Å². The molecule has 0 aliphatic rings. The summed E-state index contributed by atoms with van der Waals surface area (Å²) in [5.41, 5.74) is 12.3. The standard InChI is InChI=1S/C6H9N3.3ClH/c7-4-6-3-5(8)1-2-9-6;;;/h1-3H,4,7H2,(H2,8,9);3*1H. The number of nitrogens with zero attached hydrogens (tertiary/aromatic N) is 1. The highest BCUT2D eigenvalue weighted by molar-refractivity contribution is 5.86. The Morgan fingerprint density at radius 3 is 2.17 bits per heavy atom. The van der Waals surface area contributed by atoms with Crippen molar-refractivity contribution in [3.8, 4) is 0 Å². The SMILES string of the molecule is Cl.Cl.Cl.NCc1cc(N)ccn1. The quantitative estimate of drug-likeness (QED) is 0.769. The molecule has 0 saturated heterocycles. The van der Waals surface area contributed by atoms with E-state index in [0.717, 1.165) is 5.69 Å². The summed E-state index contributed by atoms with van der Waals surface area (Å²) in [7, 11) is 0. The predicted octanol–water partition coefficient (Wildman–Crippen LogP) is 1.39. The van der Waals surface area contributed by atoms with Crippen molar-refractivity contribution in [3.63, 3.8) is 0 Å². The molecule has 1 heterocycles. The first kappa shape index (κ1) is 17.8. The van der Waals surface area contributed by atoms with Gasteiger partial charge in [-0.15, -0.1) is 37.2 Å². The van der Waals surface area contributed by atoms with E-state index in [1.807, 2.05) is 0 Å². The molecule has 1 rings (SSSR count). The van der Waals surface area contributed by atoms with Gasteiger partial charge in [0.1, 0.15) is 0 Å². The molecule has 12 heavy (non-hydrogen) atoms. The summed E-state index contributed by atoms with van der Waals surface area (Å²) in [6.07, 6.45) is 1.65. The maximum absolute atomic E-state index is 5.44. The molecule has 0 aliphatic heterocycles. The van der Waals surface area contributed by atoms with E-state index in [2.05, 4.69) is 4.98 Å². The Labute approximate surface area is 90.2 Å².